The summed E-state index contributed by atoms with van der Waals surface area (Å²) in [6.07, 6.45) is -2.46. The first-order valence-corrected chi connectivity index (χ1v) is 15.7. The Labute approximate surface area is 271 Å². The fraction of sp³-hybridized carbons (Fsp3) is 0.457. The lowest BCUT2D eigenvalue weighted by atomic mass is 9.90. The molecule has 1 aliphatic carbocycles. The van der Waals surface area contributed by atoms with Crippen LogP contribution in [0.15, 0.2) is 35.1 Å². The van der Waals surface area contributed by atoms with Crippen LogP contribution < -0.4 is 15.8 Å². The normalized spacial score (nSPS) is 16.6. The molecule has 2 heterocycles. The first-order chi connectivity index (χ1) is 22.2. The number of pyridine rings is 1. The number of morpholine rings is 1. The molecule has 2 aliphatic rings. The number of alkyl halides is 3. The lowest BCUT2D eigenvalue weighted by molar-refractivity contribution is -0.167. The maximum atomic E-state index is 15.3. The van der Waals surface area contributed by atoms with E-state index in [1.54, 1.807) is 17.7 Å². The van der Waals surface area contributed by atoms with E-state index < -0.39 is 48.1 Å². The molecular formula is C35H41F4N3O5. The largest absolute Gasteiger partial charge is 0.480 e. The zero-order chi connectivity index (χ0) is 34.8. The van der Waals surface area contributed by atoms with Crippen LogP contribution in [-0.2, 0) is 35.8 Å². The zero-order valence-corrected chi connectivity index (χ0v) is 27.5. The van der Waals surface area contributed by atoms with Gasteiger partial charge in [0, 0.05) is 31.4 Å². The van der Waals surface area contributed by atoms with Crippen molar-refractivity contribution >= 4 is 17.6 Å². The SMILES string of the molecule is CC.Cc1cc(N2CCOC[C@@H]2C(F)(F)F)cc(F)c1C(=O)N[C@@H](Cc1ccc(-c2c(C)cc(C)n(C)c2=O)c2c1CCC2)C(=O)O. The van der Waals surface area contributed by atoms with Gasteiger partial charge in [-0.25, -0.2) is 9.18 Å². The van der Waals surface area contributed by atoms with Crippen LogP contribution in [0.3, 0.4) is 0 Å². The van der Waals surface area contributed by atoms with Crippen molar-refractivity contribution in [3.8, 4) is 11.1 Å². The second-order valence-corrected chi connectivity index (χ2v) is 11.8. The summed E-state index contributed by atoms with van der Waals surface area (Å²) in [6.45, 7) is 8.46. The van der Waals surface area contributed by atoms with Gasteiger partial charge >= 0.3 is 12.1 Å². The van der Waals surface area contributed by atoms with Crippen LogP contribution in [0.5, 0.6) is 0 Å². The van der Waals surface area contributed by atoms with Gasteiger partial charge in [0.15, 0.2) is 0 Å². The quantitative estimate of drug-likeness (QED) is 0.310. The Kier molecular flexibility index (Phi) is 10.8. The molecule has 2 N–H and O–H groups in total. The molecule has 2 atom stereocenters. The Morgan fingerprint density at radius 1 is 1.06 bits per heavy atom. The molecule has 1 amide bonds. The monoisotopic (exact) mass is 659 g/mol. The average molecular weight is 660 g/mol. The number of aromatic nitrogens is 1. The number of aryl methyl sites for hydroxylation is 3. The number of hydrogen-bond donors (Lipinski definition) is 2. The van der Waals surface area contributed by atoms with Crippen LogP contribution in [-0.4, -0.2) is 59.6 Å². The molecular weight excluding hydrogens is 618 g/mol. The number of carboxylic acids is 1. The van der Waals surface area contributed by atoms with E-state index in [0.29, 0.717) is 24.0 Å². The van der Waals surface area contributed by atoms with Crippen LogP contribution in [0.4, 0.5) is 23.2 Å². The number of nitrogens with zero attached hydrogens (tertiary/aromatic N) is 2. The minimum atomic E-state index is -4.61. The van der Waals surface area contributed by atoms with Gasteiger partial charge in [-0.15, -0.1) is 0 Å². The van der Waals surface area contributed by atoms with E-state index in [0.717, 1.165) is 45.3 Å². The molecule has 1 aromatic heterocycles. The van der Waals surface area contributed by atoms with E-state index in [1.807, 2.05) is 39.8 Å². The van der Waals surface area contributed by atoms with Gasteiger partial charge in [-0.05, 0) is 91.6 Å². The number of amides is 1. The predicted molar refractivity (Wildman–Crippen MR) is 172 cm³/mol. The molecule has 3 aromatic rings. The molecule has 5 rings (SSSR count). The van der Waals surface area contributed by atoms with Crippen LogP contribution in [0.2, 0.25) is 0 Å². The molecule has 0 spiro atoms. The average Bonchev–Trinajstić information content (AvgIpc) is 3.51. The molecule has 0 unspecified atom stereocenters. The van der Waals surface area contributed by atoms with Crippen LogP contribution >= 0.6 is 0 Å². The van der Waals surface area contributed by atoms with Crippen LogP contribution in [0.1, 0.15) is 64.1 Å². The summed E-state index contributed by atoms with van der Waals surface area (Å²) in [5.41, 5.74) is 5.19. The number of nitrogens with one attached hydrogen (secondary N) is 1. The Bertz CT molecular complexity index is 1710. The van der Waals surface area contributed by atoms with E-state index in [4.69, 9.17) is 4.74 Å². The predicted octanol–water partition coefficient (Wildman–Crippen LogP) is 5.82. The van der Waals surface area contributed by atoms with E-state index in [-0.39, 0.29) is 36.4 Å². The van der Waals surface area contributed by atoms with Crippen molar-refractivity contribution < 1.29 is 37.0 Å². The van der Waals surface area contributed by atoms with Gasteiger partial charge in [-0.3, -0.25) is 9.59 Å². The van der Waals surface area contributed by atoms with Crippen molar-refractivity contribution in [2.24, 2.45) is 7.05 Å². The van der Waals surface area contributed by atoms with Crippen molar-refractivity contribution in [3.63, 3.8) is 0 Å². The van der Waals surface area contributed by atoms with Crippen molar-refractivity contribution in [1.29, 1.82) is 0 Å². The number of aliphatic carboxylic acids is 1. The zero-order valence-electron chi connectivity index (χ0n) is 27.5. The Morgan fingerprint density at radius 3 is 2.38 bits per heavy atom. The number of halogens is 4. The molecule has 47 heavy (non-hydrogen) atoms. The molecule has 1 aliphatic heterocycles. The third kappa shape index (κ3) is 7.22. The molecule has 0 saturated carbocycles. The first-order valence-electron chi connectivity index (χ1n) is 15.7. The van der Waals surface area contributed by atoms with Gasteiger partial charge < -0.3 is 24.6 Å². The second kappa shape index (κ2) is 14.3. The minimum Gasteiger partial charge on any atom is -0.480 e. The summed E-state index contributed by atoms with van der Waals surface area (Å²) in [5, 5.41) is 12.4. The highest BCUT2D eigenvalue weighted by atomic mass is 19.4. The molecule has 2 aromatic carbocycles. The highest BCUT2D eigenvalue weighted by molar-refractivity contribution is 5.98. The third-order valence-electron chi connectivity index (χ3n) is 8.88. The van der Waals surface area contributed by atoms with E-state index in [2.05, 4.69) is 5.32 Å². The third-order valence-corrected chi connectivity index (χ3v) is 8.88. The summed E-state index contributed by atoms with van der Waals surface area (Å²) in [7, 11) is 1.72. The summed E-state index contributed by atoms with van der Waals surface area (Å²) in [4.78, 5) is 39.7. The van der Waals surface area contributed by atoms with Gasteiger partial charge in [-0.1, -0.05) is 26.0 Å². The van der Waals surface area contributed by atoms with Gasteiger partial charge in [0.25, 0.3) is 11.5 Å². The van der Waals surface area contributed by atoms with Gasteiger partial charge in [0.1, 0.15) is 17.9 Å². The fourth-order valence-electron chi connectivity index (χ4n) is 6.53. The van der Waals surface area contributed by atoms with E-state index in [1.165, 1.54) is 13.0 Å². The summed E-state index contributed by atoms with van der Waals surface area (Å²) in [5.74, 6) is -3.36. The Hall–Kier alpha value is -4.19. The molecule has 254 valence electrons. The lowest BCUT2D eigenvalue weighted by Gasteiger charge is -2.38. The molecule has 1 fully saturated rings. The number of anilines is 1. The van der Waals surface area contributed by atoms with Gasteiger partial charge in [0.05, 0.1) is 24.3 Å². The van der Waals surface area contributed by atoms with Crippen LogP contribution in [0.25, 0.3) is 11.1 Å². The number of ether oxygens (including phenoxy) is 1. The van der Waals surface area contributed by atoms with E-state index in [9.17, 15) is 32.7 Å². The highest BCUT2D eigenvalue weighted by Gasteiger charge is 2.45. The van der Waals surface area contributed by atoms with E-state index >= 15 is 4.39 Å². The van der Waals surface area contributed by atoms with Gasteiger partial charge in [-0.2, -0.15) is 13.2 Å². The van der Waals surface area contributed by atoms with Crippen molar-refractivity contribution in [2.45, 2.75) is 78.6 Å². The number of fused-ring (bicyclic) bond motifs is 1. The number of hydrogen-bond acceptors (Lipinski definition) is 5. The Balaban J connectivity index is 0.00000245. The maximum absolute atomic E-state index is 15.3. The first kappa shape index (κ1) is 35.7. The number of carbonyl (C=O) groups excluding carboxylic acids is 1. The van der Waals surface area contributed by atoms with Gasteiger partial charge in [0.2, 0.25) is 0 Å². The molecule has 12 heteroatoms. The summed E-state index contributed by atoms with van der Waals surface area (Å²) < 4.78 is 62.7. The minimum absolute atomic E-state index is 0.0295. The second-order valence-electron chi connectivity index (χ2n) is 11.8. The Morgan fingerprint density at radius 2 is 1.74 bits per heavy atom. The standard InChI is InChI=1S/C33H35F4N3O5.C2H6/c1-17-12-19(3)39(4)31(42)28(17)24-9-8-20(22-6-5-7-23(22)24)14-26(32(43)44)38-30(41)29-18(2)13-21(15-25(29)34)40-10-11-45-16-27(40)33(35,36)37;1-2/h8-9,12-13,15,26-27H,5-7,10-11,14,16H2,1-4H3,(H,38,41)(H,43,44);1-2H3/t26-,27+;/m0./s1. The highest BCUT2D eigenvalue weighted by Crippen LogP contribution is 2.36. The topological polar surface area (TPSA) is 101 Å². The number of rotatable bonds is 7. The lowest BCUT2D eigenvalue weighted by Crippen LogP contribution is -2.53. The fourth-order valence-corrected chi connectivity index (χ4v) is 6.53. The van der Waals surface area contributed by atoms with Crippen LogP contribution in [0, 0.1) is 26.6 Å². The molecule has 0 bridgehead atoms. The molecule has 0 radical (unpaired) electrons. The van der Waals surface area contributed by atoms with Crippen molar-refractivity contribution in [2.75, 3.05) is 24.7 Å². The van der Waals surface area contributed by atoms with Crippen molar-refractivity contribution in [1.82, 2.24) is 9.88 Å². The summed E-state index contributed by atoms with van der Waals surface area (Å²) >= 11 is 0. The number of carboxylic acid groups (broad SMARTS) is 1. The number of benzene rings is 2. The molecule has 1 saturated heterocycles. The smallest absolute Gasteiger partial charge is 0.411 e. The van der Waals surface area contributed by atoms with Crippen molar-refractivity contribution in [3.05, 3.63) is 85.6 Å². The maximum Gasteiger partial charge on any atom is 0.411 e. The number of carbonyl (C=O) groups is 2. The molecule has 8 nitrogen and oxygen atoms in total. The summed E-state index contributed by atoms with van der Waals surface area (Å²) in [6, 6.07) is 4.33.